The number of ether oxygens (including phenoxy) is 1. The largest absolute Gasteiger partial charge is 0.387 e. The van der Waals surface area contributed by atoms with Crippen LogP contribution in [-0.4, -0.2) is 73.0 Å². The van der Waals surface area contributed by atoms with Crippen LogP contribution in [0.4, 0.5) is 0 Å². The van der Waals surface area contributed by atoms with Crippen molar-refractivity contribution >= 4 is 0 Å². The SMILES string of the molecule is CCC1(O)CN(CC2CN(C)CCO2)C1. The number of morpholine rings is 1. The van der Waals surface area contributed by atoms with Crippen molar-refractivity contribution in [3.05, 3.63) is 0 Å². The summed E-state index contributed by atoms with van der Waals surface area (Å²) in [6, 6.07) is 0. The molecule has 0 aromatic carbocycles. The molecule has 0 spiro atoms. The van der Waals surface area contributed by atoms with E-state index < -0.39 is 5.60 Å². The minimum atomic E-state index is -0.416. The molecule has 0 bridgehead atoms. The number of likely N-dealkylation sites (N-methyl/N-ethyl adjacent to an activating group) is 1. The molecule has 2 saturated heterocycles. The van der Waals surface area contributed by atoms with E-state index in [2.05, 4.69) is 16.8 Å². The molecule has 2 rings (SSSR count). The van der Waals surface area contributed by atoms with Crippen LogP contribution in [0.5, 0.6) is 0 Å². The van der Waals surface area contributed by atoms with Crippen molar-refractivity contribution in [1.29, 1.82) is 0 Å². The Labute approximate surface area is 91.8 Å². The molecule has 2 fully saturated rings. The topological polar surface area (TPSA) is 35.9 Å². The summed E-state index contributed by atoms with van der Waals surface area (Å²) in [5.41, 5.74) is -0.416. The lowest BCUT2D eigenvalue weighted by atomic mass is 9.91. The molecule has 4 heteroatoms. The zero-order valence-corrected chi connectivity index (χ0v) is 9.78. The Morgan fingerprint density at radius 2 is 2.20 bits per heavy atom. The summed E-state index contributed by atoms with van der Waals surface area (Å²) < 4.78 is 5.69. The van der Waals surface area contributed by atoms with Gasteiger partial charge in [0.25, 0.3) is 0 Å². The van der Waals surface area contributed by atoms with Gasteiger partial charge in [-0.25, -0.2) is 0 Å². The molecule has 2 aliphatic rings. The predicted molar refractivity (Wildman–Crippen MR) is 58.9 cm³/mol. The second-order valence-electron chi connectivity index (χ2n) is 5.00. The van der Waals surface area contributed by atoms with E-state index in [1.807, 2.05) is 6.92 Å². The second kappa shape index (κ2) is 4.37. The monoisotopic (exact) mass is 214 g/mol. The van der Waals surface area contributed by atoms with Crippen LogP contribution in [0.25, 0.3) is 0 Å². The van der Waals surface area contributed by atoms with E-state index in [0.29, 0.717) is 6.10 Å². The fourth-order valence-corrected chi connectivity index (χ4v) is 2.40. The standard InChI is InChI=1S/C11H22N2O2/c1-3-11(14)8-13(9-11)7-10-6-12(2)4-5-15-10/h10,14H,3-9H2,1-2H3. The van der Waals surface area contributed by atoms with Crippen molar-refractivity contribution in [2.75, 3.05) is 46.4 Å². The first-order valence-electron chi connectivity index (χ1n) is 5.86. The number of aliphatic hydroxyl groups is 1. The van der Waals surface area contributed by atoms with Gasteiger partial charge in [0.1, 0.15) is 0 Å². The molecular weight excluding hydrogens is 192 g/mol. The van der Waals surface area contributed by atoms with E-state index in [-0.39, 0.29) is 0 Å². The fraction of sp³-hybridized carbons (Fsp3) is 1.00. The highest BCUT2D eigenvalue weighted by Gasteiger charge is 2.40. The second-order valence-corrected chi connectivity index (χ2v) is 5.00. The third kappa shape index (κ3) is 2.69. The quantitative estimate of drug-likeness (QED) is 0.704. The van der Waals surface area contributed by atoms with E-state index in [1.165, 1.54) is 0 Å². The smallest absolute Gasteiger partial charge is 0.0897 e. The maximum Gasteiger partial charge on any atom is 0.0897 e. The number of nitrogens with zero attached hydrogens (tertiary/aromatic N) is 2. The van der Waals surface area contributed by atoms with Crippen molar-refractivity contribution < 1.29 is 9.84 Å². The van der Waals surface area contributed by atoms with E-state index >= 15 is 0 Å². The third-order valence-corrected chi connectivity index (χ3v) is 3.50. The summed E-state index contributed by atoms with van der Waals surface area (Å²) in [6.07, 6.45) is 1.18. The lowest BCUT2D eigenvalue weighted by molar-refractivity contribution is -0.124. The Bertz CT molecular complexity index is 217. The lowest BCUT2D eigenvalue weighted by Crippen LogP contribution is -2.63. The van der Waals surface area contributed by atoms with Gasteiger partial charge in [-0.3, -0.25) is 4.90 Å². The first-order chi connectivity index (χ1) is 7.11. The number of hydrogen-bond acceptors (Lipinski definition) is 4. The van der Waals surface area contributed by atoms with Gasteiger partial charge in [-0.2, -0.15) is 0 Å². The number of likely N-dealkylation sites (tertiary alicyclic amines) is 1. The summed E-state index contributed by atoms with van der Waals surface area (Å²) >= 11 is 0. The van der Waals surface area contributed by atoms with Crippen LogP contribution < -0.4 is 0 Å². The highest BCUT2D eigenvalue weighted by molar-refractivity contribution is 4.95. The number of β-amino-alcohol motifs (C(OH)–C–C–N with tert-alkyl or cyclic N) is 1. The van der Waals surface area contributed by atoms with E-state index in [9.17, 15) is 5.11 Å². The molecule has 15 heavy (non-hydrogen) atoms. The Morgan fingerprint density at radius 1 is 1.47 bits per heavy atom. The zero-order chi connectivity index (χ0) is 10.9. The molecule has 2 aliphatic heterocycles. The summed E-state index contributed by atoms with van der Waals surface area (Å²) in [5.74, 6) is 0. The maximum absolute atomic E-state index is 9.88. The summed E-state index contributed by atoms with van der Waals surface area (Å²) in [6.45, 7) is 7.53. The maximum atomic E-state index is 9.88. The normalized spacial score (nSPS) is 32.6. The average Bonchev–Trinajstić information content (AvgIpc) is 2.15. The van der Waals surface area contributed by atoms with Crippen molar-refractivity contribution in [2.45, 2.75) is 25.0 Å². The lowest BCUT2D eigenvalue weighted by Gasteiger charge is -2.48. The van der Waals surface area contributed by atoms with Crippen molar-refractivity contribution in [2.24, 2.45) is 0 Å². The van der Waals surface area contributed by atoms with E-state index in [4.69, 9.17) is 4.74 Å². The van der Waals surface area contributed by atoms with Crippen molar-refractivity contribution in [3.8, 4) is 0 Å². The van der Waals surface area contributed by atoms with Crippen LogP contribution >= 0.6 is 0 Å². The number of hydrogen-bond donors (Lipinski definition) is 1. The Hall–Kier alpha value is -0.160. The minimum Gasteiger partial charge on any atom is -0.387 e. The van der Waals surface area contributed by atoms with Gasteiger partial charge in [0, 0.05) is 32.7 Å². The van der Waals surface area contributed by atoms with E-state index in [0.717, 1.165) is 45.8 Å². The molecule has 0 aromatic heterocycles. The number of rotatable bonds is 3. The third-order valence-electron chi connectivity index (χ3n) is 3.50. The first-order valence-corrected chi connectivity index (χ1v) is 5.86. The highest BCUT2D eigenvalue weighted by Crippen LogP contribution is 2.24. The predicted octanol–water partition coefficient (Wildman–Crippen LogP) is -0.226. The van der Waals surface area contributed by atoms with Gasteiger partial charge in [-0.15, -0.1) is 0 Å². The van der Waals surface area contributed by atoms with Gasteiger partial charge in [0.15, 0.2) is 0 Å². The highest BCUT2D eigenvalue weighted by atomic mass is 16.5. The van der Waals surface area contributed by atoms with Crippen LogP contribution in [0.3, 0.4) is 0 Å². The van der Waals surface area contributed by atoms with Gasteiger partial charge in [0.05, 0.1) is 18.3 Å². The average molecular weight is 214 g/mol. The molecule has 4 nitrogen and oxygen atoms in total. The first kappa shape index (κ1) is 11.3. The van der Waals surface area contributed by atoms with Gasteiger partial charge in [0.2, 0.25) is 0 Å². The van der Waals surface area contributed by atoms with Gasteiger partial charge in [-0.1, -0.05) is 6.92 Å². The van der Waals surface area contributed by atoms with E-state index in [1.54, 1.807) is 0 Å². The zero-order valence-electron chi connectivity index (χ0n) is 9.78. The van der Waals surface area contributed by atoms with Gasteiger partial charge < -0.3 is 14.7 Å². The molecule has 1 atom stereocenters. The Morgan fingerprint density at radius 3 is 2.80 bits per heavy atom. The van der Waals surface area contributed by atoms with Crippen LogP contribution in [-0.2, 0) is 4.74 Å². The van der Waals surface area contributed by atoms with Crippen LogP contribution in [0, 0.1) is 0 Å². The Balaban J connectivity index is 1.70. The summed E-state index contributed by atoms with van der Waals surface area (Å²) in [4.78, 5) is 4.59. The van der Waals surface area contributed by atoms with Gasteiger partial charge in [-0.05, 0) is 13.5 Å². The summed E-state index contributed by atoms with van der Waals surface area (Å²) in [5, 5.41) is 9.88. The van der Waals surface area contributed by atoms with Crippen LogP contribution in [0.2, 0.25) is 0 Å². The van der Waals surface area contributed by atoms with Crippen molar-refractivity contribution in [1.82, 2.24) is 9.80 Å². The molecule has 1 N–H and O–H groups in total. The molecule has 0 saturated carbocycles. The molecule has 1 unspecified atom stereocenters. The molecule has 0 radical (unpaired) electrons. The molecule has 88 valence electrons. The molecule has 0 aliphatic carbocycles. The summed E-state index contributed by atoms with van der Waals surface area (Å²) in [7, 11) is 2.13. The minimum absolute atomic E-state index is 0.324. The van der Waals surface area contributed by atoms with Gasteiger partial charge >= 0.3 is 0 Å². The fourth-order valence-electron chi connectivity index (χ4n) is 2.40. The van der Waals surface area contributed by atoms with Crippen LogP contribution in [0.15, 0.2) is 0 Å². The molecular formula is C11H22N2O2. The molecule has 0 aromatic rings. The molecule has 2 heterocycles. The van der Waals surface area contributed by atoms with Crippen LogP contribution in [0.1, 0.15) is 13.3 Å². The van der Waals surface area contributed by atoms with Crippen molar-refractivity contribution in [3.63, 3.8) is 0 Å². The molecule has 0 amide bonds. The Kier molecular flexibility index (Phi) is 3.30.